The summed E-state index contributed by atoms with van der Waals surface area (Å²) in [7, 11) is 13.3. The lowest BCUT2D eigenvalue weighted by Crippen LogP contribution is -3.00. The van der Waals surface area contributed by atoms with Crippen molar-refractivity contribution in [3.63, 3.8) is 0 Å². The summed E-state index contributed by atoms with van der Waals surface area (Å²) in [5, 5.41) is 0. The van der Waals surface area contributed by atoms with E-state index in [2.05, 4.69) is 42.3 Å². The van der Waals surface area contributed by atoms with Crippen LogP contribution in [0.25, 0.3) is 0 Å². The van der Waals surface area contributed by atoms with Gasteiger partial charge in [-0.15, -0.1) is 0 Å². The van der Waals surface area contributed by atoms with Crippen LogP contribution < -0.4 is 48.0 Å². The minimum absolute atomic E-state index is 0. The van der Waals surface area contributed by atoms with Gasteiger partial charge in [0.15, 0.2) is 0 Å². The maximum atomic E-state index is 2.21. The highest BCUT2D eigenvalue weighted by Crippen LogP contribution is 1.97. The van der Waals surface area contributed by atoms with E-state index in [0.29, 0.717) is 0 Å². The van der Waals surface area contributed by atoms with Crippen LogP contribution in [0.4, 0.5) is 0 Å². The molecule has 0 saturated carbocycles. The monoisotopic (exact) mass is 386 g/mol. The van der Waals surface area contributed by atoms with Crippen molar-refractivity contribution >= 4 is 0 Å². The van der Waals surface area contributed by atoms with Crippen LogP contribution in [-0.2, 0) is 0 Å². The Morgan fingerprint density at radius 1 is 0.636 bits per heavy atom. The van der Waals surface area contributed by atoms with Crippen LogP contribution in [0.15, 0.2) is 0 Å². The molecule has 0 saturated heterocycles. The van der Waals surface area contributed by atoms with Gasteiger partial charge in [0, 0.05) is 0 Å². The van der Waals surface area contributed by atoms with E-state index in [9.17, 15) is 0 Å². The first kappa shape index (κ1) is 18.2. The maximum absolute atomic E-state index is 2.21. The molecule has 11 heavy (non-hydrogen) atoms. The van der Waals surface area contributed by atoms with Crippen LogP contribution in [0.3, 0.4) is 0 Å². The molecule has 0 atom stereocenters. The molecule has 0 N–H and O–H groups in total. The lowest BCUT2D eigenvalue weighted by atomic mass is 10.6. The fourth-order valence-corrected chi connectivity index (χ4v) is 1.27. The molecule has 0 spiro atoms. The smallest absolute Gasteiger partial charge is 0.206 e. The van der Waals surface area contributed by atoms with Crippen molar-refractivity contribution in [2.75, 3.05) is 49.0 Å². The molecular weight excluding hydrogens is 366 g/mol. The zero-order valence-electron chi connectivity index (χ0n) is 8.36. The van der Waals surface area contributed by atoms with E-state index in [0.717, 1.165) is 8.97 Å². The molecule has 72 valence electrons. The van der Waals surface area contributed by atoms with E-state index in [1.54, 1.807) is 0 Å². The quantitative estimate of drug-likeness (QED) is 0.252. The molecule has 0 bridgehead atoms. The maximum Gasteiger partial charge on any atom is 0.206 e. The largest absolute Gasteiger partial charge is 1.00 e. The van der Waals surface area contributed by atoms with Crippen LogP contribution >= 0.6 is 0 Å². The molecular formula is C7H20I2N2. The molecule has 0 aromatic heterocycles. The molecule has 0 amide bonds. The highest BCUT2D eigenvalue weighted by molar-refractivity contribution is 4.07. The van der Waals surface area contributed by atoms with Gasteiger partial charge in [0.2, 0.25) is 6.67 Å². The number of quaternary nitrogens is 2. The average Bonchev–Trinajstić information content (AvgIpc) is 1.14. The fraction of sp³-hybridized carbons (Fsp3) is 1.00. The van der Waals surface area contributed by atoms with E-state index in [4.69, 9.17) is 0 Å². The Hall–Kier alpha value is 1.38. The van der Waals surface area contributed by atoms with Crippen LogP contribution in [-0.4, -0.2) is 57.9 Å². The van der Waals surface area contributed by atoms with Crippen molar-refractivity contribution in [2.45, 2.75) is 0 Å². The molecule has 0 unspecified atom stereocenters. The second-order valence-corrected chi connectivity index (χ2v) is 4.72. The first-order chi connectivity index (χ1) is 3.71. The third-order valence-electron chi connectivity index (χ3n) is 0.849. The summed E-state index contributed by atoms with van der Waals surface area (Å²) in [6.07, 6.45) is 0. The van der Waals surface area contributed by atoms with E-state index in [1.807, 2.05) is 0 Å². The average molecular weight is 386 g/mol. The van der Waals surface area contributed by atoms with E-state index in [1.165, 1.54) is 6.67 Å². The van der Waals surface area contributed by atoms with Gasteiger partial charge in [0.25, 0.3) is 0 Å². The van der Waals surface area contributed by atoms with Gasteiger partial charge in [0.05, 0.1) is 42.3 Å². The Morgan fingerprint density at radius 2 is 0.818 bits per heavy atom. The van der Waals surface area contributed by atoms with Crippen LogP contribution in [0.1, 0.15) is 0 Å². The lowest BCUT2D eigenvalue weighted by Gasteiger charge is -2.32. The van der Waals surface area contributed by atoms with Crippen molar-refractivity contribution in [1.82, 2.24) is 0 Å². The number of nitrogens with zero attached hydrogens (tertiary/aromatic N) is 2. The predicted octanol–water partition coefficient (Wildman–Crippen LogP) is -5.64. The molecule has 0 rings (SSSR count). The van der Waals surface area contributed by atoms with E-state index in [-0.39, 0.29) is 48.0 Å². The number of hydrogen-bond donors (Lipinski definition) is 0. The summed E-state index contributed by atoms with van der Waals surface area (Å²) >= 11 is 0. The third-order valence-corrected chi connectivity index (χ3v) is 0.849. The Kier molecular flexibility index (Phi) is 9.82. The summed E-state index contributed by atoms with van der Waals surface area (Å²) in [5.74, 6) is 0. The lowest BCUT2D eigenvalue weighted by molar-refractivity contribution is -1.05. The summed E-state index contributed by atoms with van der Waals surface area (Å²) in [4.78, 5) is 0. The van der Waals surface area contributed by atoms with Crippen LogP contribution in [0.2, 0.25) is 0 Å². The van der Waals surface area contributed by atoms with Crippen molar-refractivity contribution < 1.29 is 56.9 Å². The highest BCUT2D eigenvalue weighted by Gasteiger charge is 2.17. The summed E-state index contributed by atoms with van der Waals surface area (Å²) in [6.45, 7) is 1.17. The zero-order valence-corrected chi connectivity index (χ0v) is 12.7. The zero-order chi connectivity index (χ0) is 7.71. The van der Waals surface area contributed by atoms with Crippen molar-refractivity contribution in [1.29, 1.82) is 0 Å². The molecule has 0 fully saturated rings. The molecule has 0 aliphatic heterocycles. The number of hydrogen-bond acceptors (Lipinski definition) is 0. The summed E-state index contributed by atoms with van der Waals surface area (Å²) in [5.41, 5.74) is 0. The SMILES string of the molecule is C[N+](C)(C)C[N+](C)(C)C.[I-].[I-]. The van der Waals surface area contributed by atoms with Gasteiger partial charge in [-0.05, 0) is 0 Å². The van der Waals surface area contributed by atoms with E-state index < -0.39 is 0 Å². The van der Waals surface area contributed by atoms with Crippen molar-refractivity contribution in [2.24, 2.45) is 0 Å². The van der Waals surface area contributed by atoms with Gasteiger partial charge < -0.3 is 48.0 Å². The first-order valence-electron chi connectivity index (χ1n) is 3.32. The minimum Gasteiger partial charge on any atom is -1.00 e. The third kappa shape index (κ3) is 18.4. The molecule has 4 heteroatoms. The summed E-state index contributed by atoms with van der Waals surface area (Å²) in [6, 6.07) is 0. The van der Waals surface area contributed by atoms with Gasteiger partial charge >= 0.3 is 0 Å². The molecule has 0 aromatic rings. The topological polar surface area (TPSA) is 0 Å². The second kappa shape index (κ2) is 5.93. The Labute approximate surface area is 105 Å². The fourth-order valence-electron chi connectivity index (χ4n) is 1.27. The number of halogens is 2. The second-order valence-electron chi connectivity index (χ2n) is 4.72. The van der Waals surface area contributed by atoms with E-state index >= 15 is 0 Å². The van der Waals surface area contributed by atoms with Gasteiger partial charge in [-0.25, -0.2) is 0 Å². The number of rotatable bonds is 2. The van der Waals surface area contributed by atoms with Gasteiger partial charge in [-0.1, -0.05) is 0 Å². The molecule has 0 heterocycles. The van der Waals surface area contributed by atoms with Gasteiger partial charge in [0.1, 0.15) is 0 Å². The molecule has 0 aliphatic rings. The molecule has 0 aliphatic carbocycles. The summed E-state index contributed by atoms with van der Waals surface area (Å²) < 4.78 is 2.06. The Bertz CT molecular complexity index is 79.6. The molecule has 2 nitrogen and oxygen atoms in total. The van der Waals surface area contributed by atoms with Crippen molar-refractivity contribution in [3.8, 4) is 0 Å². The van der Waals surface area contributed by atoms with Gasteiger partial charge in [-0.3, -0.25) is 8.97 Å². The molecule has 0 radical (unpaired) electrons. The van der Waals surface area contributed by atoms with Crippen LogP contribution in [0.5, 0.6) is 0 Å². The standard InChI is InChI=1S/C7H20N2.2HI/c1-8(2,3)7-9(4,5)6;;/h7H2,1-6H3;2*1H/q+2;;/p-2. The first-order valence-corrected chi connectivity index (χ1v) is 3.32. The van der Waals surface area contributed by atoms with Crippen molar-refractivity contribution in [3.05, 3.63) is 0 Å². The normalized spacial score (nSPS) is 11.5. The van der Waals surface area contributed by atoms with Crippen LogP contribution in [0, 0.1) is 0 Å². The predicted molar refractivity (Wildman–Crippen MR) is 40.9 cm³/mol. The minimum atomic E-state index is 0. The Balaban J connectivity index is -0.000000320. The van der Waals surface area contributed by atoms with Gasteiger partial charge in [-0.2, -0.15) is 0 Å². The highest BCUT2D eigenvalue weighted by atomic mass is 127. The molecule has 0 aromatic carbocycles. The Morgan fingerprint density at radius 3 is 0.818 bits per heavy atom.